The summed E-state index contributed by atoms with van der Waals surface area (Å²) in [6.45, 7) is 2.99. The van der Waals surface area contributed by atoms with E-state index in [1.165, 1.54) is 0 Å². The molecule has 22 heavy (non-hydrogen) atoms. The third-order valence-corrected chi connectivity index (χ3v) is 5.18. The van der Waals surface area contributed by atoms with Gasteiger partial charge in [0.2, 0.25) is 11.7 Å². The number of ether oxygens (including phenoxy) is 1. The molecule has 6 nitrogen and oxygen atoms in total. The van der Waals surface area contributed by atoms with Gasteiger partial charge in [-0.25, -0.2) is 4.98 Å². The minimum atomic E-state index is 0.0356. The van der Waals surface area contributed by atoms with Crippen molar-refractivity contribution in [1.29, 1.82) is 0 Å². The van der Waals surface area contributed by atoms with Gasteiger partial charge < -0.3 is 9.26 Å². The van der Waals surface area contributed by atoms with Crippen molar-refractivity contribution in [3.8, 4) is 10.7 Å². The zero-order valence-corrected chi connectivity index (χ0v) is 13.3. The maximum Gasteiger partial charge on any atom is 0.241 e. The van der Waals surface area contributed by atoms with Gasteiger partial charge in [-0.05, 0) is 11.4 Å². The Hall–Kier alpha value is -1.61. The summed E-state index contributed by atoms with van der Waals surface area (Å²) < 4.78 is 11.2. The van der Waals surface area contributed by atoms with E-state index in [2.05, 4.69) is 20.0 Å². The van der Waals surface area contributed by atoms with E-state index < -0.39 is 0 Å². The van der Waals surface area contributed by atoms with Crippen molar-refractivity contribution in [2.45, 2.75) is 12.6 Å². The molecule has 1 aliphatic rings. The molecule has 0 amide bonds. The fraction of sp³-hybridized carbons (Fsp3) is 0.357. The molecule has 4 rings (SSSR count). The first-order valence-electron chi connectivity index (χ1n) is 6.98. The lowest BCUT2D eigenvalue weighted by atomic mass is 10.3. The topological polar surface area (TPSA) is 64.3 Å². The molecular formula is C14H14N4O2S2. The minimum Gasteiger partial charge on any atom is -0.368 e. The van der Waals surface area contributed by atoms with Crippen LogP contribution in [0.1, 0.15) is 17.0 Å². The smallest absolute Gasteiger partial charge is 0.241 e. The summed E-state index contributed by atoms with van der Waals surface area (Å²) in [5.74, 6) is 1.30. The van der Waals surface area contributed by atoms with E-state index >= 15 is 0 Å². The average molecular weight is 334 g/mol. The lowest BCUT2D eigenvalue weighted by Gasteiger charge is -2.30. The molecule has 1 atom stereocenters. The van der Waals surface area contributed by atoms with Crippen LogP contribution in [0.3, 0.4) is 0 Å². The van der Waals surface area contributed by atoms with Crippen molar-refractivity contribution in [3.05, 3.63) is 40.0 Å². The Balaban J connectivity index is 1.43. The Labute approximate surface area is 135 Å². The van der Waals surface area contributed by atoms with Crippen molar-refractivity contribution in [1.82, 2.24) is 20.0 Å². The average Bonchev–Trinajstić information content (AvgIpc) is 3.29. The van der Waals surface area contributed by atoms with Gasteiger partial charge in [0.05, 0.1) is 18.0 Å². The number of morpholine rings is 1. The highest BCUT2D eigenvalue weighted by atomic mass is 32.1. The molecule has 0 aromatic carbocycles. The summed E-state index contributed by atoms with van der Waals surface area (Å²) in [7, 11) is 0. The Morgan fingerprint density at radius 2 is 2.32 bits per heavy atom. The van der Waals surface area contributed by atoms with Crippen LogP contribution in [0.5, 0.6) is 0 Å². The van der Waals surface area contributed by atoms with Crippen LogP contribution in [0.25, 0.3) is 10.7 Å². The number of rotatable bonds is 4. The van der Waals surface area contributed by atoms with Gasteiger partial charge in [0, 0.05) is 24.7 Å². The van der Waals surface area contributed by atoms with Gasteiger partial charge in [-0.2, -0.15) is 4.98 Å². The quantitative estimate of drug-likeness (QED) is 0.731. The maximum absolute atomic E-state index is 5.80. The highest BCUT2D eigenvalue weighted by Gasteiger charge is 2.25. The molecule has 0 spiro atoms. The number of thiazole rings is 1. The fourth-order valence-electron chi connectivity index (χ4n) is 2.41. The van der Waals surface area contributed by atoms with Crippen LogP contribution in [0.4, 0.5) is 0 Å². The van der Waals surface area contributed by atoms with Crippen molar-refractivity contribution in [2.24, 2.45) is 0 Å². The van der Waals surface area contributed by atoms with E-state index in [1.54, 1.807) is 22.7 Å². The summed E-state index contributed by atoms with van der Waals surface area (Å²) in [6.07, 6.45) is 1.85. The van der Waals surface area contributed by atoms with Crippen molar-refractivity contribution in [3.63, 3.8) is 0 Å². The number of hydrogen-bond donors (Lipinski definition) is 0. The van der Waals surface area contributed by atoms with Gasteiger partial charge in [-0.1, -0.05) is 11.2 Å². The van der Waals surface area contributed by atoms with Crippen molar-refractivity contribution < 1.29 is 9.26 Å². The molecule has 1 fully saturated rings. The second kappa shape index (κ2) is 6.25. The van der Waals surface area contributed by atoms with E-state index in [0.29, 0.717) is 24.9 Å². The van der Waals surface area contributed by atoms with Crippen molar-refractivity contribution >= 4 is 22.7 Å². The molecule has 3 aromatic heterocycles. The van der Waals surface area contributed by atoms with E-state index in [4.69, 9.17) is 9.26 Å². The van der Waals surface area contributed by atoms with Crippen LogP contribution in [0, 0.1) is 0 Å². The number of aromatic nitrogens is 3. The van der Waals surface area contributed by atoms with Crippen LogP contribution >= 0.6 is 22.7 Å². The standard InChI is InChI=1S/C14H14N4O2S2/c1-2-11(21-6-1)13-16-12(20-17-13)9-18-4-5-19-10(8-18)14-15-3-7-22-14/h1-3,6-7,10H,4-5,8-9H2/t10-/m0/s1. The first kappa shape index (κ1) is 14.0. The van der Waals surface area contributed by atoms with Gasteiger partial charge in [0.15, 0.2) is 0 Å². The van der Waals surface area contributed by atoms with Crippen LogP contribution < -0.4 is 0 Å². The van der Waals surface area contributed by atoms with E-state index in [9.17, 15) is 0 Å². The number of nitrogens with zero attached hydrogens (tertiary/aromatic N) is 4. The Bertz CT molecular complexity index is 711. The molecule has 0 radical (unpaired) electrons. The summed E-state index contributed by atoms with van der Waals surface area (Å²) in [5.41, 5.74) is 0. The molecule has 0 bridgehead atoms. The maximum atomic E-state index is 5.80. The van der Waals surface area contributed by atoms with E-state index in [-0.39, 0.29) is 6.10 Å². The van der Waals surface area contributed by atoms with Crippen LogP contribution in [-0.2, 0) is 11.3 Å². The Morgan fingerprint density at radius 1 is 1.32 bits per heavy atom. The fourth-order valence-corrected chi connectivity index (χ4v) is 3.73. The largest absolute Gasteiger partial charge is 0.368 e. The third-order valence-electron chi connectivity index (χ3n) is 3.45. The second-order valence-electron chi connectivity index (χ2n) is 4.95. The Kier molecular flexibility index (Phi) is 3.98. The molecule has 0 aliphatic carbocycles. The SMILES string of the molecule is c1csc(-c2noc(CN3CCO[C@H](c4nccs4)C3)n2)c1. The first-order chi connectivity index (χ1) is 10.9. The van der Waals surface area contributed by atoms with Crippen molar-refractivity contribution in [2.75, 3.05) is 19.7 Å². The predicted molar refractivity (Wildman–Crippen MR) is 83.7 cm³/mol. The molecular weight excluding hydrogens is 320 g/mol. The molecule has 0 unspecified atom stereocenters. The predicted octanol–water partition coefficient (Wildman–Crippen LogP) is 2.83. The summed E-state index contributed by atoms with van der Waals surface area (Å²) in [4.78, 5) is 12.1. The van der Waals surface area contributed by atoms with Crippen LogP contribution in [0.15, 0.2) is 33.6 Å². The lowest BCUT2D eigenvalue weighted by Crippen LogP contribution is -2.37. The van der Waals surface area contributed by atoms with Crippen LogP contribution in [-0.4, -0.2) is 39.7 Å². The van der Waals surface area contributed by atoms with Gasteiger partial charge in [-0.3, -0.25) is 4.90 Å². The normalized spacial score (nSPS) is 19.5. The number of thiophene rings is 1. The third kappa shape index (κ3) is 2.95. The molecule has 0 saturated carbocycles. The summed E-state index contributed by atoms with van der Waals surface area (Å²) >= 11 is 3.24. The monoisotopic (exact) mass is 334 g/mol. The van der Waals surface area contributed by atoms with Gasteiger partial charge in [0.25, 0.3) is 0 Å². The molecule has 1 saturated heterocycles. The highest BCUT2D eigenvalue weighted by Crippen LogP contribution is 2.25. The van der Waals surface area contributed by atoms with E-state index in [1.807, 2.05) is 29.1 Å². The van der Waals surface area contributed by atoms with Gasteiger partial charge in [0.1, 0.15) is 11.1 Å². The molecule has 114 valence electrons. The zero-order valence-electron chi connectivity index (χ0n) is 11.7. The lowest BCUT2D eigenvalue weighted by molar-refractivity contribution is -0.0356. The van der Waals surface area contributed by atoms with Crippen LogP contribution in [0.2, 0.25) is 0 Å². The van der Waals surface area contributed by atoms with E-state index in [0.717, 1.165) is 23.0 Å². The van der Waals surface area contributed by atoms with Gasteiger partial charge in [-0.15, -0.1) is 22.7 Å². The zero-order chi connectivity index (χ0) is 14.8. The Morgan fingerprint density at radius 3 is 3.14 bits per heavy atom. The molecule has 3 aromatic rings. The minimum absolute atomic E-state index is 0.0356. The number of hydrogen-bond acceptors (Lipinski definition) is 8. The summed E-state index contributed by atoms with van der Waals surface area (Å²) in [5, 5.41) is 9.05. The first-order valence-corrected chi connectivity index (χ1v) is 8.74. The molecule has 8 heteroatoms. The second-order valence-corrected chi connectivity index (χ2v) is 6.83. The molecule has 1 aliphatic heterocycles. The van der Waals surface area contributed by atoms with Gasteiger partial charge >= 0.3 is 0 Å². The molecule has 0 N–H and O–H groups in total. The molecule has 4 heterocycles. The highest BCUT2D eigenvalue weighted by molar-refractivity contribution is 7.13. The summed E-state index contributed by atoms with van der Waals surface area (Å²) in [6, 6.07) is 3.98.